The highest BCUT2D eigenvalue weighted by molar-refractivity contribution is 7.59. The SMILES string of the molecule is C=CC1CC1(CC(=O)[C@@H]1C[C@@H]2CN1C(=O)[C@H](C1CCCC1)CC(=O)OCC(C)(C)CCCc1cc3c(nccc3cc1OC)O2)P(C)(=O)O.CCC1CC1(CC(=O)[C@@H]1C[C@@H]2CN1C(=O)[C@H](C1CCCC1)CC(=O)OC[C@@H](C)CCCc1cc3c(nccc3cc1OC)O2)P(=O)(O)O.CCC1CC1(CC(=O)[C@@H]1C[C@@H]2CN1C(=O)[C@H](C1CCCC1)CC(=O)OC[C@H](C)CCCc1cc3c(nccc3cc1OC)O2)P(=O)(O)O. The summed E-state index contributed by atoms with van der Waals surface area (Å²) in [5, 5.41) is 1.25. The Morgan fingerprint density at radius 1 is 0.462 bits per heavy atom. The van der Waals surface area contributed by atoms with Crippen molar-refractivity contribution in [2.24, 2.45) is 70.5 Å². The van der Waals surface area contributed by atoms with E-state index in [1.165, 1.54) is 16.5 Å². The first-order valence-electron chi connectivity index (χ1n) is 53.0. The Bertz CT molecular complexity index is 5730. The number of methoxy groups -OCH3 is 3. The standard InChI is InChI=1S/C38H51N2O8P.2C36H49N2O9P/c1-6-27-20-38(27,49(5,44)45)21-32(41)31-18-28-22-40(31)36(43)30(24-10-7-8-11-24)19-34(42)47-23-37(2,3)14-9-12-26-16-29-25(17-33(26)46-4)13-15-39-35(29)48-28;2*1-4-26-18-36(26,48(42,43)44)19-31(39)30-16-27-20-38(30)35(41)29(23-9-5-6-10-23)17-33(40)46-21-22(2)8-7-11-25-14-28-24(15-32(25)45-3)12-13-37-34(28)47-27/h6,13,15-17,24,27-28,30-31H,1,7-12,14,18-23H2,2-5H3,(H,44,45);2*12-15,22-23,26-27,29-30H,4-11,16-21H2,1-3H3,(H2,42,43,44)/t27?,28-,30+,31+,38?;22-,26?,27+,29-,30-,36?;22-,26?,27-,29+,30+,36?/m101/s1. The molecule has 6 aliphatic carbocycles. The number of Topliss-reactive ketones (excluding diaryl/α,β-unsaturated/α-hetero) is 3. The summed E-state index contributed by atoms with van der Waals surface area (Å²) in [5.41, 5.74) is 2.74. The van der Waals surface area contributed by atoms with Gasteiger partial charge in [-0.25, -0.2) is 15.0 Å². The Morgan fingerprint density at radius 3 is 1.08 bits per heavy atom. The molecule has 790 valence electrons. The molecule has 18 rings (SSSR count). The van der Waals surface area contributed by atoms with Gasteiger partial charge >= 0.3 is 33.1 Å². The van der Waals surface area contributed by atoms with Gasteiger partial charge in [0.1, 0.15) is 35.6 Å². The van der Waals surface area contributed by atoms with Crippen LogP contribution in [0, 0.1) is 70.5 Å². The summed E-state index contributed by atoms with van der Waals surface area (Å²) in [5.74, 6) is -2.00. The first-order chi connectivity index (χ1) is 69.1. The van der Waals surface area contributed by atoms with Crippen molar-refractivity contribution in [1.29, 1.82) is 0 Å². The van der Waals surface area contributed by atoms with Crippen LogP contribution in [0.2, 0.25) is 0 Å². The predicted octanol–water partition coefficient (Wildman–Crippen LogP) is 17.7. The van der Waals surface area contributed by atoms with Gasteiger partial charge in [0, 0.05) is 79.9 Å². The van der Waals surface area contributed by atoms with Crippen LogP contribution < -0.4 is 28.4 Å². The second kappa shape index (κ2) is 45.3. The number of nitrogens with zero attached hydrogens (tertiary/aromatic N) is 6. The first kappa shape index (κ1) is 108. The molecule has 35 heteroatoms. The van der Waals surface area contributed by atoms with Crippen LogP contribution in [0.25, 0.3) is 32.3 Å². The van der Waals surface area contributed by atoms with E-state index >= 15 is 0 Å². The number of fused-ring (bicyclic) bond motifs is 9. The molecule has 6 saturated carbocycles. The molecule has 32 nitrogen and oxygen atoms in total. The molecule has 3 saturated heterocycles. The van der Waals surface area contributed by atoms with Crippen LogP contribution in [-0.4, -0.2) is 226 Å². The molecule has 5 N–H and O–H groups in total. The van der Waals surface area contributed by atoms with E-state index in [2.05, 4.69) is 41.4 Å². The highest BCUT2D eigenvalue weighted by atomic mass is 31.2. The van der Waals surface area contributed by atoms with Crippen LogP contribution in [0.5, 0.6) is 34.9 Å². The van der Waals surface area contributed by atoms with Gasteiger partial charge in [0.25, 0.3) is 0 Å². The number of hydrogen-bond acceptors (Lipinski definition) is 24. The topological polar surface area (TPSA) is 437 Å². The van der Waals surface area contributed by atoms with E-state index in [1.807, 2.05) is 76.2 Å². The number of aromatic nitrogens is 3. The van der Waals surface area contributed by atoms with Gasteiger partial charge in [0.05, 0.1) is 131 Å². The maximum atomic E-state index is 14.6. The number of hydrogen-bond donors (Lipinski definition) is 5. The summed E-state index contributed by atoms with van der Waals surface area (Å²) in [6.07, 6.45) is 24.7. The van der Waals surface area contributed by atoms with Crippen molar-refractivity contribution >= 4 is 108 Å². The maximum absolute atomic E-state index is 14.6. The van der Waals surface area contributed by atoms with E-state index in [4.69, 9.17) is 42.6 Å². The third-order valence-electron chi connectivity index (χ3n) is 34.5. The lowest BCUT2D eigenvalue weighted by atomic mass is 9.86. The summed E-state index contributed by atoms with van der Waals surface area (Å²) in [6, 6.07) is 15.0. The van der Waals surface area contributed by atoms with E-state index < -0.39 is 110 Å². The van der Waals surface area contributed by atoms with Crippen molar-refractivity contribution in [3.63, 3.8) is 0 Å². The van der Waals surface area contributed by atoms with Gasteiger partial charge in [-0.2, -0.15) is 0 Å². The molecule has 145 heavy (non-hydrogen) atoms. The number of benzene rings is 3. The Kier molecular flexibility index (Phi) is 33.9. The number of aryl methyl sites for hydroxylation is 3. The second-order valence-corrected chi connectivity index (χ2v) is 51.5. The number of pyridine rings is 3. The molecule has 12 aliphatic rings. The molecule has 12 bridgehead atoms. The van der Waals surface area contributed by atoms with Gasteiger partial charge < -0.3 is 81.8 Å². The molecular weight excluding hydrogens is 1910 g/mol. The zero-order valence-corrected chi connectivity index (χ0v) is 88.5. The highest BCUT2D eigenvalue weighted by Crippen LogP contribution is 2.74. The van der Waals surface area contributed by atoms with Crippen molar-refractivity contribution in [2.45, 2.75) is 318 Å². The summed E-state index contributed by atoms with van der Waals surface area (Å²) in [6.45, 7) is 18.2. The monoisotopic (exact) mass is 2060 g/mol. The molecule has 0 spiro atoms. The van der Waals surface area contributed by atoms with Crippen molar-refractivity contribution < 1.29 is 124 Å². The molecule has 6 aliphatic heterocycles. The average molecular weight is 2060 g/mol. The zero-order chi connectivity index (χ0) is 104. The molecule has 7 unspecified atom stereocenters. The minimum absolute atomic E-state index is 0.00808. The minimum Gasteiger partial charge on any atom is -0.496 e. The number of cyclic esters (lactones) is 3. The average Bonchev–Trinajstić information content (AvgIpc) is 1.57. The van der Waals surface area contributed by atoms with E-state index in [-0.39, 0.29) is 198 Å². The predicted molar refractivity (Wildman–Crippen MR) is 544 cm³/mol. The van der Waals surface area contributed by atoms with Gasteiger partial charge in [-0.3, -0.25) is 56.8 Å². The number of carbonyl (C=O) groups excluding carboxylic acids is 9. The number of allylic oxidation sites excluding steroid dienone is 1. The van der Waals surface area contributed by atoms with Crippen LogP contribution in [-0.2, 0) is 90.3 Å². The fourth-order valence-corrected chi connectivity index (χ4v) is 30.2. The number of esters is 3. The van der Waals surface area contributed by atoms with E-state index in [9.17, 15) is 81.3 Å². The third kappa shape index (κ3) is 24.1. The van der Waals surface area contributed by atoms with Crippen molar-refractivity contribution in [2.75, 3.05) is 67.4 Å². The van der Waals surface area contributed by atoms with Gasteiger partial charge in [0.15, 0.2) is 17.3 Å². The number of amides is 3. The van der Waals surface area contributed by atoms with Gasteiger partial charge in [0.2, 0.25) is 42.7 Å². The van der Waals surface area contributed by atoms with Crippen LogP contribution in [0.4, 0.5) is 0 Å². The van der Waals surface area contributed by atoms with Crippen LogP contribution in [0.3, 0.4) is 0 Å². The zero-order valence-electron chi connectivity index (χ0n) is 85.9. The van der Waals surface area contributed by atoms with E-state index in [1.54, 1.807) is 50.9 Å². The lowest BCUT2D eigenvalue weighted by Gasteiger charge is -2.32. The summed E-state index contributed by atoms with van der Waals surface area (Å²) >= 11 is 0. The molecule has 9 fully saturated rings. The van der Waals surface area contributed by atoms with E-state index in [0.717, 1.165) is 201 Å². The van der Waals surface area contributed by atoms with E-state index in [0.29, 0.717) is 36.9 Å². The van der Waals surface area contributed by atoms with Crippen molar-refractivity contribution in [1.82, 2.24) is 29.7 Å². The van der Waals surface area contributed by atoms with Crippen molar-refractivity contribution in [3.8, 4) is 34.9 Å². The van der Waals surface area contributed by atoms with Gasteiger partial charge in [-0.15, -0.1) is 6.58 Å². The first-order valence-corrected chi connectivity index (χ1v) is 58.3. The Morgan fingerprint density at radius 2 is 0.786 bits per heavy atom. The normalized spacial score (nSPS) is 30.5. The lowest BCUT2D eigenvalue weighted by molar-refractivity contribution is -0.153. The number of carbonyl (C=O) groups is 9. The molecule has 9 heterocycles. The minimum atomic E-state index is -4.58. The quantitative estimate of drug-likeness (QED) is 0.0193. The molecule has 0 radical (unpaired) electrons. The number of ketones is 3. The van der Waals surface area contributed by atoms with Crippen LogP contribution in [0.15, 0.2) is 85.8 Å². The summed E-state index contributed by atoms with van der Waals surface area (Å²) in [7, 11) is -7.88. The fourth-order valence-electron chi connectivity index (χ4n) is 25.5. The highest BCUT2D eigenvalue weighted by Gasteiger charge is 2.68. The summed E-state index contributed by atoms with van der Waals surface area (Å²) < 4.78 is 92.6. The second-order valence-electron chi connectivity index (χ2n) is 44.9. The molecule has 6 aromatic rings. The lowest BCUT2D eigenvalue weighted by Crippen LogP contribution is -2.46. The third-order valence-corrected chi connectivity index (χ3v) is 40.5. The largest absolute Gasteiger partial charge is 0.496 e. The van der Waals surface area contributed by atoms with Gasteiger partial charge in [-0.1, -0.05) is 99.0 Å². The Labute approximate surface area is 850 Å². The summed E-state index contributed by atoms with van der Waals surface area (Å²) in [4.78, 5) is 196. The molecule has 3 amide bonds. The van der Waals surface area contributed by atoms with Crippen LogP contribution >= 0.6 is 22.6 Å². The fraction of sp³-hybridized carbons (Fsp3) is 0.655. The molecule has 3 aromatic heterocycles. The Balaban J connectivity index is 0.000000156. The maximum Gasteiger partial charge on any atom is 0.332 e. The van der Waals surface area contributed by atoms with Crippen LogP contribution in [0.1, 0.15) is 264 Å². The molecule has 18 atom stereocenters. The smallest absolute Gasteiger partial charge is 0.332 e. The Hall–Kier alpha value is -9.25. The van der Waals surface area contributed by atoms with Gasteiger partial charge in [-0.05, 0) is 256 Å². The number of rotatable bonds is 21. The van der Waals surface area contributed by atoms with Crippen molar-refractivity contribution in [3.05, 3.63) is 103 Å². The number of ether oxygens (including phenoxy) is 9. The molecule has 3 aromatic carbocycles. The molecular formula is C110H149N6O26P3.